The number of ether oxygens (including phenoxy) is 1. The minimum absolute atomic E-state index is 0.158. The van der Waals surface area contributed by atoms with Crippen LogP contribution in [0.3, 0.4) is 0 Å². The van der Waals surface area contributed by atoms with Crippen molar-refractivity contribution in [2.24, 2.45) is 0 Å². The lowest BCUT2D eigenvalue weighted by Crippen LogP contribution is -2.25. The van der Waals surface area contributed by atoms with Gasteiger partial charge in [-0.1, -0.05) is 30.3 Å². The van der Waals surface area contributed by atoms with Crippen molar-refractivity contribution in [1.29, 1.82) is 0 Å². The fraction of sp³-hybridized carbons (Fsp3) is 0.263. The number of methoxy groups -OCH3 is 1. The number of carbonyl (C=O) groups is 1. The Morgan fingerprint density at radius 2 is 1.83 bits per heavy atom. The summed E-state index contributed by atoms with van der Waals surface area (Å²) in [5, 5.41) is 15.0. The van der Waals surface area contributed by atoms with Crippen molar-refractivity contribution in [1.82, 2.24) is 25.5 Å². The first-order valence-electron chi connectivity index (χ1n) is 8.81. The van der Waals surface area contributed by atoms with Crippen LogP contribution < -0.4 is 5.32 Å². The predicted molar refractivity (Wildman–Crippen MR) is 105 cm³/mol. The number of nitrogens with one attached hydrogen (secondary N) is 1. The number of hydrogen-bond acceptors (Lipinski definition) is 8. The van der Waals surface area contributed by atoms with Crippen LogP contribution in [0.15, 0.2) is 59.5 Å². The number of rotatable bonds is 8. The molecular formula is C19H21N5O4S. The molecule has 1 atom stereocenters. The lowest BCUT2D eigenvalue weighted by Gasteiger charge is -2.18. The lowest BCUT2D eigenvalue weighted by molar-refractivity contribution is -0.141. The highest BCUT2D eigenvalue weighted by molar-refractivity contribution is 7.90. The maximum atomic E-state index is 11.8. The second-order valence-electron chi connectivity index (χ2n) is 6.40. The summed E-state index contributed by atoms with van der Waals surface area (Å²) in [4.78, 5) is 12.0. The molecule has 9 nitrogen and oxygen atoms in total. The molecule has 0 fully saturated rings. The van der Waals surface area contributed by atoms with Crippen molar-refractivity contribution in [2.45, 2.75) is 23.9 Å². The van der Waals surface area contributed by atoms with E-state index in [-0.39, 0.29) is 29.9 Å². The predicted octanol–water partition coefficient (Wildman–Crippen LogP) is 1.46. The number of benzene rings is 2. The Labute approximate surface area is 168 Å². The van der Waals surface area contributed by atoms with Crippen LogP contribution in [0.1, 0.15) is 23.9 Å². The molecule has 152 valence electrons. The van der Waals surface area contributed by atoms with Crippen LogP contribution in [0, 0.1) is 0 Å². The summed E-state index contributed by atoms with van der Waals surface area (Å²) < 4.78 is 29.6. The molecule has 3 rings (SSSR count). The van der Waals surface area contributed by atoms with Crippen LogP contribution in [-0.4, -0.2) is 48.0 Å². The second kappa shape index (κ2) is 8.93. The third-order valence-electron chi connectivity index (χ3n) is 4.35. The molecule has 0 saturated heterocycles. The van der Waals surface area contributed by atoms with Gasteiger partial charge in [-0.2, -0.15) is 4.68 Å². The van der Waals surface area contributed by atoms with E-state index in [1.165, 1.54) is 23.9 Å². The molecule has 0 saturated carbocycles. The molecule has 0 bridgehead atoms. The van der Waals surface area contributed by atoms with Gasteiger partial charge >= 0.3 is 5.97 Å². The van der Waals surface area contributed by atoms with E-state index in [1.54, 1.807) is 12.1 Å². The number of carbonyl (C=O) groups excluding carboxylic acids is 1. The van der Waals surface area contributed by atoms with Gasteiger partial charge in [0.05, 0.1) is 30.7 Å². The van der Waals surface area contributed by atoms with Crippen molar-refractivity contribution in [2.75, 3.05) is 13.4 Å². The molecule has 1 aromatic heterocycles. The first-order valence-corrected chi connectivity index (χ1v) is 10.7. The summed E-state index contributed by atoms with van der Waals surface area (Å²) in [6, 6.07) is 15.6. The second-order valence-corrected chi connectivity index (χ2v) is 8.41. The van der Waals surface area contributed by atoms with E-state index in [1.807, 2.05) is 30.3 Å². The highest BCUT2D eigenvalue weighted by Crippen LogP contribution is 2.19. The van der Waals surface area contributed by atoms with E-state index in [9.17, 15) is 13.2 Å². The van der Waals surface area contributed by atoms with Gasteiger partial charge in [-0.15, -0.1) is 5.10 Å². The number of sulfone groups is 1. The molecule has 10 heteroatoms. The van der Waals surface area contributed by atoms with E-state index >= 15 is 0 Å². The van der Waals surface area contributed by atoms with Crippen LogP contribution in [0.4, 0.5) is 0 Å². The van der Waals surface area contributed by atoms with E-state index in [0.717, 1.165) is 11.8 Å². The number of hydrogen-bond donors (Lipinski definition) is 1. The van der Waals surface area contributed by atoms with Gasteiger partial charge in [0.25, 0.3) is 0 Å². The van der Waals surface area contributed by atoms with Crippen LogP contribution in [0.25, 0.3) is 5.69 Å². The third-order valence-corrected chi connectivity index (χ3v) is 5.48. The smallest absolute Gasteiger partial charge is 0.307 e. The molecule has 3 aromatic rings. The van der Waals surface area contributed by atoms with E-state index < -0.39 is 9.84 Å². The molecule has 0 amide bonds. The van der Waals surface area contributed by atoms with Crippen molar-refractivity contribution in [3.63, 3.8) is 0 Å². The van der Waals surface area contributed by atoms with Gasteiger partial charge in [0.1, 0.15) is 0 Å². The standard InChI is InChI=1S/C19H21N5O4S/c1-28-19(25)12-17(14-6-4-3-5-7-14)20-13-18-21-22-23-24(18)15-8-10-16(11-9-15)29(2,26)27/h3-11,17,20H,12-13H2,1-2H3. The van der Waals surface area contributed by atoms with E-state index in [4.69, 9.17) is 4.74 Å². The van der Waals surface area contributed by atoms with E-state index in [2.05, 4.69) is 20.8 Å². The van der Waals surface area contributed by atoms with Crippen molar-refractivity contribution < 1.29 is 17.9 Å². The molecule has 1 N–H and O–H groups in total. The monoisotopic (exact) mass is 415 g/mol. The summed E-state index contributed by atoms with van der Waals surface area (Å²) in [5.41, 5.74) is 1.57. The van der Waals surface area contributed by atoms with Gasteiger partial charge in [0.2, 0.25) is 0 Å². The minimum atomic E-state index is -3.28. The Kier molecular flexibility index (Phi) is 6.35. The number of tetrazole rings is 1. The van der Waals surface area contributed by atoms with Crippen molar-refractivity contribution in [3.05, 3.63) is 66.0 Å². The van der Waals surface area contributed by atoms with E-state index in [0.29, 0.717) is 11.5 Å². The van der Waals surface area contributed by atoms with Gasteiger partial charge in [-0.3, -0.25) is 4.79 Å². The summed E-state index contributed by atoms with van der Waals surface area (Å²) in [7, 11) is -1.93. The van der Waals surface area contributed by atoms with Gasteiger partial charge in [-0.05, 0) is 40.3 Å². The van der Waals surface area contributed by atoms with Crippen LogP contribution in [-0.2, 0) is 25.9 Å². The molecule has 1 heterocycles. The molecule has 0 aliphatic carbocycles. The first-order chi connectivity index (χ1) is 13.9. The van der Waals surface area contributed by atoms with Gasteiger partial charge < -0.3 is 10.1 Å². The minimum Gasteiger partial charge on any atom is -0.469 e. The largest absolute Gasteiger partial charge is 0.469 e. The zero-order valence-corrected chi connectivity index (χ0v) is 16.8. The van der Waals surface area contributed by atoms with Crippen molar-refractivity contribution in [3.8, 4) is 5.69 Å². The lowest BCUT2D eigenvalue weighted by atomic mass is 10.0. The summed E-state index contributed by atoms with van der Waals surface area (Å²) in [6.07, 6.45) is 1.31. The van der Waals surface area contributed by atoms with Gasteiger partial charge in [0.15, 0.2) is 15.7 Å². The topological polar surface area (TPSA) is 116 Å². The van der Waals surface area contributed by atoms with Gasteiger partial charge in [-0.25, -0.2) is 8.42 Å². The van der Waals surface area contributed by atoms with Crippen molar-refractivity contribution >= 4 is 15.8 Å². The maximum absolute atomic E-state index is 11.8. The fourth-order valence-corrected chi connectivity index (χ4v) is 3.44. The average molecular weight is 415 g/mol. The highest BCUT2D eigenvalue weighted by Gasteiger charge is 2.18. The third kappa shape index (κ3) is 5.24. The Hall–Kier alpha value is -3.11. The Balaban J connectivity index is 1.78. The molecule has 1 unspecified atom stereocenters. The SMILES string of the molecule is COC(=O)CC(NCc1nnnn1-c1ccc(S(C)(=O)=O)cc1)c1ccccc1. The molecule has 0 aliphatic heterocycles. The summed E-state index contributed by atoms with van der Waals surface area (Å²) in [5.74, 6) is 0.185. The zero-order valence-electron chi connectivity index (χ0n) is 16.0. The number of aromatic nitrogens is 4. The fourth-order valence-electron chi connectivity index (χ4n) is 2.81. The van der Waals surface area contributed by atoms with Crippen LogP contribution >= 0.6 is 0 Å². The molecule has 2 aromatic carbocycles. The average Bonchev–Trinajstić information content (AvgIpc) is 3.19. The van der Waals surface area contributed by atoms with Gasteiger partial charge in [0, 0.05) is 12.3 Å². The number of nitrogens with zero attached hydrogens (tertiary/aromatic N) is 4. The molecule has 29 heavy (non-hydrogen) atoms. The molecule has 0 spiro atoms. The number of esters is 1. The molecule has 0 aliphatic rings. The Morgan fingerprint density at radius 3 is 2.45 bits per heavy atom. The van der Waals surface area contributed by atoms with Crippen LogP contribution in [0.5, 0.6) is 0 Å². The van der Waals surface area contributed by atoms with Crippen LogP contribution in [0.2, 0.25) is 0 Å². The summed E-state index contributed by atoms with van der Waals surface area (Å²) in [6.45, 7) is 0.289. The quantitative estimate of drug-likeness (QED) is 0.550. The molecule has 0 radical (unpaired) electrons. The first kappa shape index (κ1) is 20.6. The normalized spacial score (nSPS) is 12.5. The Bertz CT molecular complexity index is 1070. The Morgan fingerprint density at radius 1 is 1.14 bits per heavy atom. The maximum Gasteiger partial charge on any atom is 0.307 e. The summed E-state index contributed by atoms with van der Waals surface area (Å²) >= 11 is 0. The highest BCUT2D eigenvalue weighted by atomic mass is 32.2. The zero-order chi connectivity index (χ0) is 20.9. The molecular weight excluding hydrogens is 394 g/mol.